The summed E-state index contributed by atoms with van der Waals surface area (Å²) in [6.45, 7) is 0.401. The van der Waals surface area contributed by atoms with Gasteiger partial charge in [0, 0.05) is 28.5 Å². The molecule has 3 rings (SSSR count). The average molecular weight is 413 g/mol. The molecule has 23 heavy (non-hydrogen) atoms. The molecule has 1 N–H and O–H groups in total. The van der Waals surface area contributed by atoms with E-state index in [4.69, 9.17) is 23.2 Å². The number of aryl methyl sites for hydroxylation is 1. The Bertz CT molecular complexity index is 890. The number of benzene rings is 2. The molecule has 0 fully saturated rings. The molecule has 0 radical (unpaired) electrons. The van der Waals surface area contributed by atoms with Crippen LogP contribution in [0, 0.1) is 0 Å². The number of hydrogen-bond acceptors (Lipinski definition) is 2. The molecular formula is C16H12BrCl2N3O. The van der Waals surface area contributed by atoms with E-state index in [1.165, 1.54) is 0 Å². The van der Waals surface area contributed by atoms with Gasteiger partial charge in [0.2, 0.25) is 0 Å². The molecule has 7 heteroatoms. The number of nitrogens with one attached hydrogen (secondary N) is 1. The van der Waals surface area contributed by atoms with Crippen LogP contribution in [0.5, 0.6) is 0 Å². The summed E-state index contributed by atoms with van der Waals surface area (Å²) in [4.78, 5) is 12.4. The van der Waals surface area contributed by atoms with E-state index >= 15 is 0 Å². The summed E-state index contributed by atoms with van der Waals surface area (Å²) in [7, 11) is 1.76. The number of nitrogens with zero attached hydrogens (tertiary/aromatic N) is 2. The van der Waals surface area contributed by atoms with Gasteiger partial charge in [0.05, 0.1) is 10.5 Å². The number of aromatic nitrogens is 2. The lowest BCUT2D eigenvalue weighted by molar-refractivity contribution is 0.0947. The lowest BCUT2D eigenvalue weighted by Gasteiger charge is -2.04. The van der Waals surface area contributed by atoms with Crippen molar-refractivity contribution in [3.8, 4) is 0 Å². The molecule has 0 unspecified atom stereocenters. The molecule has 4 nitrogen and oxygen atoms in total. The van der Waals surface area contributed by atoms with Crippen LogP contribution in [0.4, 0.5) is 0 Å². The second-order valence-corrected chi connectivity index (χ2v) is 6.71. The van der Waals surface area contributed by atoms with E-state index in [9.17, 15) is 4.79 Å². The number of carbonyl (C=O) groups is 1. The van der Waals surface area contributed by atoms with Crippen LogP contribution >= 0.6 is 39.1 Å². The Hall–Kier alpha value is -1.56. The molecule has 1 amide bonds. The highest BCUT2D eigenvalue weighted by molar-refractivity contribution is 9.10. The fraction of sp³-hybridized carbons (Fsp3) is 0.125. The molecule has 2 aromatic carbocycles. The maximum atomic E-state index is 12.4. The summed E-state index contributed by atoms with van der Waals surface area (Å²) in [6, 6.07) is 10.9. The van der Waals surface area contributed by atoms with Gasteiger partial charge >= 0.3 is 0 Å². The van der Waals surface area contributed by atoms with Crippen LogP contribution in [-0.2, 0) is 13.6 Å². The van der Waals surface area contributed by atoms with Crippen molar-refractivity contribution in [3.05, 3.63) is 62.2 Å². The Kier molecular flexibility index (Phi) is 4.62. The summed E-state index contributed by atoms with van der Waals surface area (Å²) in [6.07, 6.45) is 0. The van der Waals surface area contributed by atoms with E-state index < -0.39 is 0 Å². The molecule has 0 aliphatic heterocycles. The zero-order valence-electron chi connectivity index (χ0n) is 12.1. The fourth-order valence-electron chi connectivity index (χ4n) is 2.34. The van der Waals surface area contributed by atoms with Gasteiger partial charge in [-0.25, -0.2) is 0 Å². The highest BCUT2D eigenvalue weighted by Gasteiger charge is 2.18. The first kappa shape index (κ1) is 16.3. The van der Waals surface area contributed by atoms with Gasteiger partial charge in [-0.05, 0) is 45.8 Å². The van der Waals surface area contributed by atoms with Crippen molar-refractivity contribution in [3.63, 3.8) is 0 Å². The third-order valence-corrected chi connectivity index (χ3v) is 5.00. The predicted molar refractivity (Wildman–Crippen MR) is 96.0 cm³/mol. The molecule has 0 aliphatic rings. The van der Waals surface area contributed by atoms with Crippen LogP contribution in [0.3, 0.4) is 0 Å². The predicted octanol–water partition coefficient (Wildman–Crippen LogP) is 4.57. The summed E-state index contributed by atoms with van der Waals surface area (Å²) in [5.74, 6) is -0.246. The van der Waals surface area contributed by atoms with Crippen LogP contribution in [0.1, 0.15) is 16.1 Å². The van der Waals surface area contributed by atoms with Crippen LogP contribution < -0.4 is 5.32 Å². The molecule has 0 saturated heterocycles. The van der Waals surface area contributed by atoms with E-state index in [-0.39, 0.29) is 5.91 Å². The molecule has 0 saturated carbocycles. The monoisotopic (exact) mass is 411 g/mol. The zero-order chi connectivity index (χ0) is 16.6. The van der Waals surface area contributed by atoms with E-state index in [2.05, 4.69) is 26.3 Å². The third kappa shape index (κ3) is 3.22. The van der Waals surface area contributed by atoms with Crippen molar-refractivity contribution < 1.29 is 4.79 Å². The largest absolute Gasteiger partial charge is 0.347 e. The van der Waals surface area contributed by atoms with Crippen molar-refractivity contribution in [2.75, 3.05) is 0 Å². The Labute approximate surface area is 151 Å². The van der Waals surface area contributed by atoms with Gasteiger partial charge in [-0.15, -0.1) is 0 Å². The first-order valence-electron chi connectivity index (χ1n) is 6.80. The van der Waals surface area contributed by atoms with Gasteiger partial charge in [0.1, 0.15) is 0 Å². The second kappa shape index (κ2) is 6.51. The van der Waals surface area contributed by atoms with E-state index in [0.29, 0.717) is 27.7 Å². The van der Waals surface area contributed by atoms with E-state index in [1.54, 1.807) is 23.9 Å². The minimum atomic E-state index is -0.246. The van der Waals surface area contributed by atoms with Crippen molar-refractivity contribution >= 4 is 55.9 Å². The quantitative estimate of drug-likeness (QED) is 0.684. The zero-order valence-corrected chi connectivity index (χ0v) is 15.2. The normalized spacial score (nSPS) is 11.0. The van der Waals surface area contributed by atoms with Crippen LogP contribution in [0.2, 0.25) is 10.0 Å². The Morgan fingerprint density at radius 3 is 2.61 bits per heavy atom. The second-order valence-electron chi connectivity index (χ2n) is 5.04. The van der Waals surface area contributed by atoms with Crippen molar-refractivity contribution in [2.45, 2.75) is 6.54 Å². The molecular weight excluding hydrogens is 401 g/mol. The van der Waals surface area contributed by atoms with Crippen molar-refractivity contribution in [1.29, 1.82) is 0 Å². The number of hydrogen-bond donors (Lipinski definition) is 1. The number of rotatable bonds is 3. The summed E-state index contributed by atoms with van der Waals surface area (Å²) < 4.78 is 2.38. The average Bonchev–Trinajstić information content (AvgIpc) is 2.87. The summed E-state index contributed by atoms with van der Waals surface area (Å²) in [5.41, 5.74) is 2.03. The standard InChI is InChI=1S/C16H12BrCl2N3O/c1-22-15-11(6-7-12(17)13(15)19)14(21-22)16(23)20-8-9-2-4-10(18)5-3-9/h2-7H,8H2,1H3,(H,20,23). The lowest BCUT2D eigenvalue weighted by atomic mass is 10.2. The molecule has 0 bridgehead atoms. The highest BCUT2D eigenvalue weighted by Crippen LogP contribution is 2.32. The molecule has 0 spiro atoms. The van der Waals surface area contributed by atoms with E-state index in [0.717, 1.165) is 15.6 Å². The highest BCUT2D eigenvalue weighted by atomic mass is 79.9. The van der Waals surface area contributed by atoms with Crippen LogP contribution in [0.15, 0.2) is 40.9 Å². The Morgan fingerprint density at radius 1 is 1.22 bits per heavy atom. The maximum Gasteiger partial charge on any atom is 0.272 e. The van der Waals surface area contributed by atoms with Gasteiger partial charge in [-0.3, -0.25) is 9.48 Å². The first-order valence-corrected chi connectivity index (χ1v) is 8.35. The summed E-state index contributed by atoms with van der Waals surface area (Å²) >= 11 is 15.5. The van der Waals surface area contributed by atoms with Crippen LogP contribution in [-0.4, -0.2) is 15.7 Å². The number of halogens is 3. The molecule has 0 atom stereocenters. The Balaban J connectivity index is 1.87. The molecule has 118 valence electrons. The minimum Gasteiger partial charge on any atom is -0.347 e. The van der Waals surface area contributed by atoms with Gasteiger partial charge in [-0.1, -0.05) is 35.3 Å². The third-order valence-electron chi connectivity index (χ3n) is 3.48. The SMILES string of the molecule is Cn1nc(C(=O)NCc2ccc(Cl)cc2)c2ccc(Br)c(Cl)c21. The van der Waals surface area contributed by atoms with Crippen molar-refractivity contribution in [1.82, 2.24) is 15.1 Å². The van der Waals surface area contributed by atoms with Crippen molar-refractivity contribution in [2.24, 2.45) is 7.05 Å². The molecule has 1 aromatic heterocycles. The van der Waals surface area contributed by atoms with Crippen LogP contribution in [0.25, 0.3) is 10.9 Å². The molecule has 1 heterocycles. The smallest absolute Gasteiger partial charge is 0.272 e. The number of fused-ring (bicyclic) bond motifs is 1. The number of carbonyl (C=O) groups excluding carboxylic acids is 1. The fourth-order valence-corrected chi connectivity index (χ4v) is 3.07. The minimum absolute atomic E-state index is 0.246. The summed E-state index contributed by atoms with van der Waals surface area (Å²) in [5, 5.41) is 9.07. The topological polar surface area (TPSA) is 46.9 Å². The number of amides is 1. The van der Waals surface area contributed by atoms with Gasteiger partial charge in [0.25, 0.3) is 5.91 Å². The van der Waals surface area contributed by atoms with E-state index in [1.807, 2.05) is 24.3 Å². The van der Waals surface area contributed by atoms with Gasteiger partial charge < -0.3 is 5.32 Å². The van der Waals surface area contributed by atoms with Gasteiger partial charge in [-0.2, -0.15) is 5.10 Å². The maximum absolute atomic E-state index is 12.4. The first-order chi connectivity index (χ1) is 11.0. The Morgan fingerprint density at radius 2 is 1.91 bits per heavy atom. The lowest BCUT2D eigenvalue weighted by Crippen LogP contribution is -2.23. The molecule has 0 aliphatic carbocycles. The van der Waals surface area contributed by atoms with Gasteiger partial charge in [0.15, 0.2) is 5.69 Å². The molecule has 3 aromatic rings.